The van der Waals surface area contributed by atoms with Gasteiger partial charge < -0.3 is 5.32 Å². The average molecular weight is 499 g/mol. The molecule has 0 aromatic heterocycles. The average Bonchev–Trinajstić information content (AvgIpc) is 3.30. The summed E-state index contributed by atoms with van der Waals surface area (Å²) in [6, 6.07) is 15.4. The summed E-state index contributed by atoms with van der Waals surface area (Å²) in [6.45, 7) is 3.68. The van der Waals surface area contributed by atoms with Gasteiger partial charge in [-0.2, -0.15) is 13.2 Å². The van der Waals surface area contributed by atoms with Crippen LogP contribution in [0.3, 0.4) is 0 Å². The number of hydrogen-bond acceptors (Lipinski definition) is 3. The van der Waals surface area contributed by atoms with Crippen LogP contribution in [-0.2, 0) is 16.2 Å². The van der Waals surface area contributed by atoms with Crippen molar-refractivity contribution >= 4 is 21.4 Å². The normalized spacial score (nSPS) is 21.2. The van der Waals surface area contributed by atoms with E-state index in [1.54, 1.807) is 18.2 Å². The fourth-order valence-corrected chi connectivity index (χ4v) is 6.48. The maximum atomic E-state index is 13.7. The van der Waals surface area contributed by atoms with Crippen molar-refractivity contribution in [1.29, 1.82) is 0 Å². The van der Waals surface area contributed by atoms with Crippen molar-refractivity contribution in [3.8, 4) is 0 Å². The fraction of sp³-hybridized carbons (Fsp3) is 0.259. The van der Waals surface area contributed by atoms with Gasteiger partial charge in [-0.15, -0.1) is 0 Å². The van der Waals surface area contributed by atoms with Crippen molar-refractivity contribution in [3.63, 3.8) is 0 Å². The first-order valence-corrected chi connectivity index (χ1v) is 12.9. The molecule has 1 heterocycles. The molecule has 0 radical (unpaired) electrons. The number of sulfonamides is 1. The molecule has 8 heteroatoms. The van der Waals surface area contributed by atoms with Crippen LogP contribution >= 0.6 is 0 Å². The second-order valence-corrected chi connectivity index (χ2v) is 10.9. The minimum Gasteiger partial charge on any atom is -0.378 e. The molecule has 0 bridgehead atoms. The molecule has 0 spiro atoms. The Bertz CT molecular complexity index is 1410. The summed E-state index contributed by atoms with van der Waals surface area (Å²) in [7, 11) is -3.86. The number of halogens is 3. The first kappa shape index (κ1) is 23.5. The van der Waals surface area contributed by atoms with Crippen LogP contribution in [0.4, 0.5) is 24.5 Å². The highest BCUT2D eigenvalue weighted by atomic mass is 32.2. The molecule has 2 aliphatic rings. The number of nitrogens with one attached hydrogen (secondary N) is 2. The van der Waals surface area contributed by atoms with E-state index in [1.165, 1.54) is 18.2 Å². The van der Waals surface area contributed by atoms with Gasteiger partial charge >= 0.3 is 6.18 Å². The molecule has 182 valence electrons. The fourth-order valence-electron chi connectivity index (χ4n) is 5.24. The van der Waals surface area contributed by atoms with Crippen molar-refractivity contribution < 1.29 is 21.6 Å². The molecule has 1 aliphatic carbocycles. The Hall–Kier alpha value is -3.26. The number of alkyl halides is 3. The number of hydrogen-bond donors (Lipinski definition) is 2. The largest absolute Gasteiger partial charge is 0.416 e. The van der Waals surface area contributed by atoms with Crippen molar-refractivity contribution in [3.05, 3.63) is 101 Å². The number of rotatable bonds is 4. The summed E-state index contributed by atoms with van der Waals surface area (Å²) >= 11 is 0. The van der Waals surface area contributed by atoms with Gasteiger partial charge in [0.25, 0.3) is 10.0 Å². The van der Waals surface area contributed by atoms with E-state index in [-0.39, 0.29) is 22.3 Å². The lowest BCUT2D eigenvalue weighted by atomic mass is 9.76. The number of allylic oxidation sites excluding steroid dienone is 2. The number of fused-ring (bicyclic) bond motifs is 3. The molecule has 0 fully saturated rings. The second-order valence-electron chi connectivity index (χ2n) is 9.18. The van der Waals surface area contributed by atoms with Crippen molar-refractivity contribution in [2.75, 3.05) is 10.0 Å². The lowest BCUT2D eigenvalue weighted by molar-refractivity contribution is -0.138. The number of para-hydroxylation sites is 1. The Morgan fingerprint density at radius 2 is 1.66 bits per heavy atom. The molecule has 3 aromatic rings. The third kappa shape index (κ3) is 4.20. The van der Waals surface area contributed by atoms with Gasteiger partial charge in [-0.25, -0.2) is 8.42 Å². The lowest BCUT2D eigenvalue weighted by Crippen LogP contribution is -2.31. The van der Waals surface area contributed by atoms with Gasteiger partial charge in [0, 0.05) is 11.6 Å². The van der Waals surface area contributed by atoms with Crippen molar-refractivity contribution in [2.45, 2.75) is 43.3 Å². The summed E-state index contributed by atoms with van der Waals surface area (Å²) < 4.78 is 70.4. The summed E-state index contributed by atoms with van der Waals surface area (Å²) in [5, 5.41) is 3.29. The van der Waals surface area contributed by atoms with Crippen LogP contribution in [-0.4, -0.2) is 8.42 Å². The molecule has 2 N–H and O–H groups in total. The van der Waals surface area contributed by atoms with Crippen molar-refractivity contribution in [1.82, 2.24) is 0 Å². The summed E-state index contributed by atoms with van der Waals surface area (Å²) in [4.78, 5) is 0.119. The third-order valence-electron chi connectivity index (χ3n) is 6.96. The second kappa shape index (κ2) is 8.45. The van der Waals surface area contributed by atoms with E-state index in [1.807, 2.05) is 44.2 Å². The Labute approximate surface area is 202 Å². The topological polar surface area (TPSA) is 58.2 Å². The third-order valence-corrected chi connectivity index (χ3v) is 8.31. The Morgan fingerprint density at radius 3 is 2.37 bits per heavy atom. The van der Waals surface area contributed by atoms with Gasteiger partial charge in [0.2, 0.25) is 0 Å². The number of benzene rings is 3. The van der Waals surface area contributed by atoms with Gasteiger partial charge in [0.05, 0.1) is 22.2 Å². The molecule has 5 rings (SSSR count). The maximum Gasteiger partial charge on any atom is 0.416 e. The molecule has 35 heavy (non-hydrogen) atoms. The van der Waals surface area contributed by atoms with Gasteiger partial charge in [-0.3, -0.25) is 4.72 Å². The standard InChI is InChI=1S/C27H25F3N2O2S/c1-16-7-5-8-17(2)25(16)32-35(33,34)18-13-14-24-22(15-18)19-10-6-11-20(19)26(31-24)21-9-3-4-12-23(21)27(28,29)30/h3-10,12-15,19-20,26,31-32H,11H2,1-2H3/t19-,20-,26+/m1/s1. The predicted molar refractivity (Wildman–Crippen MR) is 131 cm³/mol. The molecule has 3 aromatic carbocycles. The molecular weight excluding hydrogens is 473 g/mol. The highest BCUT2D eigenvalue weighted by Gasteiger charge is 2.42. The van der Waals surface area contributed by atoms with E-state index in [4.69, 9.17) is 0 Å². The SMILES string of the molecule is Cc1cccc(C)c1NS(=O)(=O)c1ccc2c(c1)[C@@H]1C=CC[C@H]1[C@@H](c1ccccc1C(F)(F)F)N2. The lowest BCUT2D eigenvalue weighted by Gasteiger charge is -2.38. The number of anilines is 2. The molecule has 0 saturated carbocycles. The molecular formula is C27H25F3N2O2S. The Balaban J connectivity index is 1.53. The zero-order chi connectivity index (χ0) is 25.0. The van der Waals surface area contributed by atoms with Crippen LogP contribution < -0.4 is 10.0 Å². The van der Waals surface area contributed by atoms with Gasteiger partial charge in [0.15, 0.2) is 0 Å². The predicted octanol–water partition coefficient (Wildman–Crippen LogP) is 6.95. The van der Waals surface area contributed by atoms with Gasteiger partial charge in [-0.05, 0) is 72.7 Å². The Kier molecular flexibility index (Phi) is 5.67. The van der Waals surface area contributed by atoms with Gasteiger partial charge in [-0.1, -0.05) is 48.6 Å². The molecule has 3 atom stereocenters. The van der Waals surface area contributed by atoms with E-state index in [9.17, 15) is 21.6 Å². The van der Waals surface area contributed by atoms with E-state index < -0.39 is 27.8 Å². The van der Waals surface area contributed by atoms with Gasteiger partial charge in [0.1, 0.15) is 0 Å². The van der Waals surface area contributed by atoms with Crippen LogP contribution in [0.2, 0.25) is 0 Å². The molecule has 0 unspecified atom stereocenters. The van der Waals surface area contributed by atoms with Crippen LogP contribution in [0.25, 0.3) is 0 Å². The number of aryl methyl sites for hydroxylation is 2. The minimum atomic E-state index is -4.46. The van der Waals surface area contributed by atoms with Crippen molar-refractivity contribution in [2.24, 2.45) is 5.92 Å². The van der Waals surface area contributed by atoms with E-state index in [2.05, 4.69) is 10.0 Å². The molecule has 1 aliphatic heterocycles. The monoisotopic (exact) mass is 498 g/mol. The zero-order valence-electron chi connectivity index (χ0n) is 19.2. The molecule has 0 saturated heterocycles. The zero-order valence-corrected chi connectivity index (χ0v) is 20.0. The summed E-state index contributed by atoms with van der Waals surface area (Å²) in [6.07, 6.45) is 0.0806. The Morgan fingerprint density at radius 1 is 0.943 bits per heavy atom. The summed E-state index contributed by atoms with van der Waals surface area (Å²) in [5.41, 5.74) is 3.16. The minimum absolute atomic E-state index is 0.119. The van der Waals surface area contributed by atoms with E-state index >= 15 is 0 Å². The first-order valence-electron chi connectivity index (χ1n) is 11.4. The van der Waals surface area contributed by atoms with Crippen LogP contribution in [0.15, 0.2) is 77.7 Å². The molecule has 4 nitrogen and oxygen atoms in total. The smallest absolute Gasteiger partial charge is 0.378 e. The maximum absolute atomic E-state index is 13.7. The molecule has 0 amide bonds. The van der Waals surface area contributed by atoms with Crippen LogP contribution in [0, 0.1) is 19.8 Å². The highest BCUT2D eigenvalue weighted by molar-refractivity contribution is 7.92. The summed E-state index contributed by atoms with van der Waals surface area (Å²) in [5.74, 6) is -0.344. The highest BCUT2D eigenvalue weighted by Crippen LogP contribution is 2.51. The van der Waals surface area contributed by atoms with Crippen LogP contribution in [0.1, 0.15) is 46.2 Å². The quantitative estimate of drug-likeness (QED) is 0.383. The van der Waals surface area contributed by atoms with Crippen LogP contribution in [0.5, 0.6) is 0 Å². The first-order chi connectivity index (χ1) is 16.6. The van der Waals surface area contributed by atoms with E-state index in [0.717, 1.165) is 22.8 Å². The van der Waals surface area contributed by atoms with E-state index in [0.29, 0.717) is 17.8 Å².